The lowest BCUT2D eigenvalue weighted by atomic mass is 10.00. The first kappa shape index (κ1) is 11.9. The van der Waals surface area contributed by atoms with Gasteiger partial charge in [0.25, 0.3) is 0 Å². The van der Waals surface area contributed by atoms with Gasteiger partial charge >= 0.3 is 5.63 Å². The SMILES string of the molecule is O=c1oc2c/c(=C/c3ccccc3)c(=O)c3cccc1c3-2. The molecule has 0 saturated carbocycles. The smallest absolute Gasteiger partial charge is 0.344 e. The molecule has 0 spiro atoms. The summed E-state index contributed by atoms with van der Waals surface area (Å²) in [5.74, 6) is 0.465. The summed E-state index contributed by atoms with van der Waals surface area (Å²) in [7, 11) is 0. The number of furan rings is 1. The molecule has 2 aromatic rings. The molecular weight excluding hydrogens is 264 g/mol. The first-order chi connectivity index (χ1) is 10.2. The van der Waals surface area contributed by atoms with Gasteiger partial charge in [0.05, 0.1) is 5.39 Å². The van der Waals surface area contributed by atoms with Crippen molar-refractivity contribution in [1.29, 1.82) is 0 Å². The van der Waals surface area contributed by atoms with E-state index in [2.05, 4.69) is 0 Å². The molecule has 0 N–H and O–H groups in total. The topological polar surface area (TPSA) is 47.3 Å². The average Bonchev–Trinajstić information content (AvgIpc) is 2.83. The van der Waals surface area contributed by atoms with Crippen LogP contribution < -0.4 is 16.3 Å². The molecular formula is C18H10O3. The molecule has 2 aromatic carbocycles. The standard InChI is InChI=1S/C18H10O3/c19-17-12(9-11-5-2-1-3-6-11)10-15-16-13(17)7-4-8-14(16)18(20)21-15/h1-10H/b12-9-. The summed E-state index contributed by atoms with van der Waals surface area (Å²) in [4.78, 5) is 24.4. The lowest BCUT2D eigenvalue weighted by Gasteiger charge is -2.01. The second-order valence-electron chi connectivity index (χ2n) is 4.97. The molecule has 1 aliphatic carbocycles. The van der Waals surface area contributed by atoms with E-state index < -0.39 is 5.63 Å². The predicted molar refractivity (Wildman–Crippen MR) is 81.8 cm³/mol. The summed E-state index contributed by atoms with van der Waals surface area (Å²) in [6.45, 7) is 0. The van der Waals surface area contributed by atoms with Crippen LogP contribution in [0.15, 0.2) is 68.6 Å². The third-order valence-electron chi connectivity index (χ3n) is 3.65. The van der Waals surface area contributed by atoms with Crippen LogP contribution in [-0.2, 0) is 0 Å². The maximum atomic E-state index is 12.6. The van der Waals surface area contributed by atoms with Gasteiger partial charge in [-0.3, -0.25) is 4.79 Å². The molecule has 0 radical (unpaired) electrons. The number of rotatable bonds is 1. The highest BCUT2D eigenvalue weighted by Gasteiger charge is 2.19. The van der Waals surface area contributed by atoms with Gasteiger partial charge in [-0.2, -0.15) is 0 Å². The summed E-state index contributed by atoms with van der Waals surface area (Å²) in [5.41, 5.74) is 1.07. The molecule has 0 atom stereocenters. The maximum absolute atomic E-state index is 12.6. The van der Waals surface area contributed by atoms with Crippen LogP contribution in [0.4, 0.5) is 0 Å². The molecule has 4 rings (SSSR count). The van der Waals surface area contributed by atoms with Crippen LogP contribution in [0.25, 0.3) is 28.2 Å². The van der Waals surface area contributed by atoms with Crippen LogP contribution >= 0.6 is 0 Å². The molecule has 1 aliphatic heterocycles. The molecule has 0 amide bonds. The van der Waals surface area contributed by atoms with Crippen molar-refractivity contribution in [3.63, 3.8) is 0 Å². The molecule has 0 fully saturated rings. The molecule has 0 saturated heterocycles. The van der Waals surface area contributed by atoms with Gasteiger partial charge in [-0.05, 0) is 23.8 Å². The van der Waals surface area contributed by atoms with Crippen molar-refractivity contribution in [2.45, 2.75) is 0 Å². The van der Waals surface area contributed by atoms with E-state index in [1.165, 1.54) is 0 Å². The lowest BCUT2D eigenvalue weighted by molar-refractivity contribution is 0.548. The van der Waals surface area contributed by atoms with Gasteiger partial charge < -0.3 is 4.42 Å². The normalized spacial score (nSPS) is 12.5. The van der Waals surface area contributed by atoms with E-state index in [4.69, 9.17) is 4.42 Å². The van der Waals surface area contributed by atoms with Crippen molar-refractivity contribution in [3.05, 3.63) is 86.0 Å². The molecule has 1 heterocycles. The minimum atomic E-state index is -0.396. The molecule has 2 aliphatic rings. The van der Waals surface area contributed by atoms with Gasteiger partial charge in [0.15, 0.2) is 5.43 Å². The van der Waals surface area contributed by atoms with Gasteiger partial charge in [-0.15, -0.1) is 0 Å². The van der Waals surface area contributed by atoms with E-state index >= 15 is 0 Å². The molecule has 3 heteroatoms. The summed E-state index contributed by atoms with van der Waals surface area (Å²) in [6, 6.07) is 16.4. The highest BCUT2D eigenvalue weighted by Crippen LogP contribution is 2.27. The monoisotopic (exact) mass is 274 g/mol. The highest BCUT2D eigenvalue weighted by atomic mass is 16.4. The number of hydrogen-bond acceptors (Lipinski definition) is 3. The van der Waals surface area contributed by atoms with Crippen molar-refractivity contribution < 1.29 is 4.42 Å². The van der Waals surface area contributed by atoms with E-state index in [1.807, 2.05) is 30.3 Å². The Balaban J connectivity index is 2.16. The van der Waals surface area contributed by atoms with Crippen molar-refractivity contribution >= 4 is 16.8 Å². The maximum Gasteiger partial charge on any atom is 0.344 e. The Bertz CT molecular complexity index is 1060. The van der Waals surface area contributed by atoms with E-state index in [0.717, 1.165) is 5.56 Å². The molecule has 3 nitrogen and oxygen atoms in total. The third kappa shape index (κ3) is 1.75. The molecule has 0 aromatic heterocycles. The lowest BCUT2D eigenvalue weighted by Crippen LogP contribution is -2.25. The van der Waals surface area contributed by atoms with Gasteiger partial charge in [-0.1, -0.05) is 42.5 Å². The van der Waals surface area contributed by atoms with Gasteiger partial charge in [0.1, 0.15) is 5.76 Å². The van der Waals surface area contributed by atoms with Crippen LogP contribution in [0.2, 0.25) is 0 Å². The largest absolute Gasteiger partial charge is 0.422 e. The van der Waals surface area contributed by atoms with Gasteiger partial charge in [-0.25, -0.2) is 4.79 Å². The fourth-order valence-corrected chi connectivity index (χ4v) is 2.68. The summed E-state index contributed by atoms with van der Waals surface area (Å²) in [5, 5.41) is 1.51. The Kier molecular flexibility index (Phi) is 2.42. The first-order valence-corrected chi connectivity index (χ1v) is 6.63. The second-order valence-corrected chi connectivity index (χ2v) is 4.97. The van der Waals surface area contributed by atoms with E-state index in [0.29, 0.717) is 27.3 Å². The Morgan fingerprint density at radius 3 is 2.43 bits per heavy atom. The Hall–Kier alpha value is -2.94. The van der Waals surface area contributed by atoms with Crippen LogP contribution in [0.3, 0.4) is 0 Å². The fraction of sp³-hybridized carbons (Fsp3) is 0. The Labute approximate surface area is 119 Å². The van der Waals surface area contributed by atoms with Crippen LogP contribution in [0.1, 0.15) is 5.56 Å². The average molecular weight is 274 g/mol. The van der Waals surface area contributed by atoms with Crippen molar-refractivity contribution in [3.8, 4) is 11.3 Å². The number of benzene rings is 3. The minimum Gasteiger partial charge on any atom is -0.422 e. The zero-order valence-corrected chi connectivity index (χ0v) is 11.0. The Morgan fingerprint density at radius 2 is 1.62 bits per heavy atom. The quantitative estimate of drug-likeness (QED) is 0.535. The summed E-state index contributed by atoms with van der Waals surface area (Å²) in [6.07, 6.45) is 1.80. The molecule has 0 bridgehead atoms. The van der Waals surface area contributed by atoms with Crippen molar-refractivity contribution in [2.75, 3.05) is 0 Å². The fourth-order valence-electron chi connectivity index (χ4n) is 2.68. The Morgan fingerprint density at radius 1 is 0.857 bits per heavy atom. The first-order valence-electron chi connectivity index (χ1n) is 6.63. The van der Waals surface area contributed by atoms with Gasteiger partial charge in [0, 0.05) is 16.2 Å². The van der Waals surface area contributed by atoms with E-state index in [9.17, 15) is 9.59 Å². The molecule has 0 unspecified atom stereocenters. The highest BCUT2D eigenvalue weighted by molar-refractivity contribution is 5.95. The van der Waals surface area contributed by atoms with E-state index in [-0.39, 0.29) is 5.43 Å². The van der Waals surface area contributed by atoms with Crippen molar-refractivity contribution in [2.24, 2.45) is 0 Å². The summed E-state index contributed by atoms with van der Waals surface area (Å²) >= 11 is 0. The predicted octanol–water partition coefficient (Wildman–Crippen LogP) is 2.24. The van der Waals surface area contributed by atoms with Gasteiger partial charge in [0.2, 0.25) is 0 Å². The minimum absolute atomic E-state index is 0.0854. The zero-order valence-electron chi connectivity index (χ0n) is 11.0. The summed E-state index contributed by atoms with van der Waals surface area (Å²) < 4.78 is 5.26. The zero-order chi connectivity index (χ0) is 14.4. The van der Waals surface area contributed by atoms with Crippen LogP contribution in [0.5, 0.6) is 0 Å². The van der Waals surface area contributed by atoms with E-state index in [1.54, 1.807) is 30.3 Å². The number of hydrogen-bond donors (Lipinski definition) is 0. The van der Waals surface area contributed by atoms with Crippen LogP contribution in [-0.4, -0.2) is 0 Å². The third-order valence-corrected chi connectivity index (χ3v) is 3.65. The second kappa shape index (κ2) is 4.28. The van der Waals surface area contributed by atoms with Crippen LogP contribution in [0, 0.1) is 0 Å². The molecule has 21 heavy (non-hydrogen) atoms. The van der Waals surface area contributed by atoms with Crippen molar-refractivity contribution in [1.82, 2.24) is 0 Å². The molecule has 100 valence electrons.